The molecular weight excluding hydrogens is 358 g/mol. The summed E-state index contributed by atoms with van der Waals surface area (Å²) in [7, 11) is 1.70. The van der Waals surface area contributed by atoms with Crippen LogP contribution in [-0.4, -0.2) is 20.3 Å². The molecule has 0 saturated heterocycles. The molecule has 0 N–H and O–H groups in total. The zero-order valence-electron chi connectivity index (χ0n) is 16.2. The predicted octanol–water partition coefficient (Wildman–Crippen LogP) is 5.73. The van der Waals surface area contributed by atoms with E-state index in [0.29, 0.717) is 11.7 Å². The van der Waals surface area contributed by atoms with Crippen LogP contribution in [0.5, 0.6) is 5.75 Å². The van der Waals surface area contributed by atoms with Gasteiger partial charge in [-0.1, -0.05) is 36.1 Å². The van der Waals surface area contributed by atoms with Crippen molar-refractivity contribution in [3.05, 3.63) is 64.7 Å². The molecule has 0 amide bonds. The van der Waals surface area contributed by atoms with Crippen LogP contribution in [0.25, 0.3) is 0 Å². The highest BCUT2D eigenvalue weighted by molar-refractivity contribution is 5.42. The van der Waals surface area contributed by atoms with Gasteiger partial charge in [-0.05, 0) is 72.9 Å². The number of ether oxygens (including phenoxy) is 2. The minimum Gasteiger partial charge on any atom is -0.435 e. The average Bonchev–Trinajstić information content (AvgIpc) is 3.52. The second kappa shape index (κ2) is 10.2. The van der Waals surface area contributed by atoms with Gasteiger partial charge >= 0.3 is 6.61 Å². The van der Waals surface area contributed by atoms with Crippen molar-refractivity contribution in [1.29, 1.82) is 0 Å². The van der Waals surface area contributed by atoms with Crippen molar-refractivity contribution < 1.29 is 18.3 Å². The molecule has 2 nitrogen and oxygen atoms in total. The summed E-state index contributed by atoms with van der Waals surface area (Å²) in [6.45, 7) is -2.04. The molecule has 0 aromatic heterocycles. The zero-order valence-corrected chi connectivity index (χ0v) is 16.2. The van der Waals surface area contributed by atoms with E-state index < -0.39 is 6.61 Å². The van der Waals surface area contributed by atoms with Crippen LogP contribution in [-0.2, 0) is 17.6 Å². The van der Waals surface area contributed by atoms with Gasteiger partial charge in [-0.15, -0.1) is 0 Å². The van der Waals surface area contributed by atoms with Gasteiger partial charge in [-0.25, -0.2) is 0 Å². The average molecular weight is 384 g/mol. The van der Waals surface area contributed by atoms with Crippen molar-refractivity contribution >= 4 is 0 Å². The molecule has 1 saturated carbocycles. The summed E-state index contributed by atoms with van der Waals surface area (Å²) in [4.78, 5) is 0. The van der Waals surface area contributed by atoms with E-state index in [2.05, 4.69) is 28.7 Å². The van der Waals surface area contributed by atoms with Crippen molar-refractivity contribution in [3.63, 3.8) is 0 Å². The van der Waals surface area contributed by atoms with Gasteiger partial charge in [-0.2, -0.15) is 8.78 Å². The van der Waals surface area contributed by atoms with Crippen molar-refractivity contribution in [2.75, 3.05) is 13.7 Å². The van der Waals surface area contributed by atoms with Crippen LogP contribution in [0.3, 0.4) is 0 Å². The van der Waals surface area contributed by atoms with Crippen LogP contribution >= 0.6 is 0 Å². The largest absolute Gasteiger partial charge is 0.435 e. The first-order chi connectivity index (χ1) is 13.7. The number of hydrogen-bond donors (Lipinski definition) is 0. The first-order valence-corrected chi connectivity index (χ1v) is 9.80. The molecule has 0 aliphatic heterocycles. The highest BCUT2D eigenvalue weighted by Gasteiger charge is 2.27. The Bertz CT molecular complexity index is 832. The number of hydrogen-bond acceptors (Lipinski definition) is 2. The lowest BCUT2D eigenvalue weighted by Crippen LogP contribution is -2.05. The molecule has 4 heteroatoms. The molecule has 148 valence electrons. The van der Waals surface area contributed by atoms with Crippen LogP contribution in [0.15, 0.2) is 42.5 Å². The quantitative estimate of drug-likeness (QED) is 0.406. The van der Waals surface area contributed by atoms with Crippen LogP contribution in [0, 0.1) is 11.8 Å². The van der Waals surface area contributed by atoms with Gasteiger partial charge in [0.05, 0.1) is 0 Å². The lowest BCUT2D eigenvalue weighted by atomic mass is 9.99. The molecule has 1 aliphatic carbocycles. The lowest BCUT2D eigenvalue weighted by molar-refractivity contribution is -0.0504. The topological polar surface area (TPSA) is 18.5 Å². The number of methoxy groups -OCH3 is 1. The molecule has 3 rings (SSSR count). The zero-order chi connectivity index (χ0) is 19.8. The Morgan fingerprint density at radius 1 is 1.07 bits per heavy atom. The van der Waals surface area contributed by atoms with Crippen LogP contribution < -0.4 is 4.74 Å². The van der Waals surface area contributed by atoms with Crippen LogP contribution in [0.2, 0.25) is 0 Å². The van der Waals surface area contributed by atoms with E-state index >= 15 is 0 Å². The first-order valence-electron chi connectivity index (χ1n) is 9.80. The van der Waals surface area contributed by atoms with E-state index in [4.69, 9.17) is 4.74 Å². The number of halogens is 2. The molecule has 28 heavy (non-hydrogen) atoms. The van der Waals surface area contributed by atoms with Gasteiger partial charge < -0.3 is 9.47 Å². The number of aryl methyl sites for hydroxylation is 2. The van der Waals surface area contributed by atoms with Gasteiger partial charge in [0.2, 0.25) is 0 Å². The van der Waals surface area contributed by atoms with E-state index in [9.17, 15) is 8.78 Å². The summed E-state index contributed by atoms with van der Waals surface area (Å²) in [5, 5.41) is 0. The molecule has 0 atom stereocenters. The second-order valence-electron chi connectivity index (χ2n) is 7.12. The molecular formula is C24H26F2O2. The standard InChI is InChI=1S/C24H26F2O2/c1-27-15-4-2-3-6-18-7-5-8-19(16-18)9-10-20-11-14-23(28-24(25)26)22(17-20)21-12-13-21/h5,7-8,11,14,16-17,21,24H,2,4,9-10,12-13,15H2,1H3. The molecule has 2 aromatic rings. The number of rotatable bonds is 9. The lowest BCUT2D eigenvalue weighted by Gasteiger charge is -2.12. The fourth-order valence-corrected chi connectivity index (χ4v) is 3.23. The third kappa shape index (κ3) is 6.35. The molecule has 1 fully saturated rings. The Morgan fingerprint density at radius 3 is 2.57 bits per heavy atom. The van der Waals surface area contributed by atoms with Gasteiger partial charge in [0.25, 0.3) is 0 Å². The molecule has 0 spiro atoms. The van der Waals surface area contributed by atoms with Gasteiger partial charge in [-0.3, -0.25) is 0 Å². The summed E-state index contributed by atoms with van der Waals surface area (Å²) in [5.41, 5.74) is 4.33. The summed E-state index contributed by atoms with van der Waals surface area (Å²) in [6, 6.07) is 13.9. The predicted molar refractivity (Wildman–Crippen MR) is 107 cm³/mol. The molecule has 0 radical (unpaired) electrons. The Morgan fingerprint density at radius 2 is 1.86 bits per heavy atom. The number of alkyl halides is 2. The third-order valence-electron chi connectivity index (χ3n) is 4.82. The maximum atomic E-state index is 12.6. The van der Waals surface area contributed by atoms with E-state index in [-0.39, 0.29) is 0 Å². The summed E-state index contributed by atoms with van der Waals surface area (Å²) in [6.07, 6.45) is 5.62. The Balaban J connectivity index is 1.61. The smallest absolute Gasteiger partial charge is 0.387 e. The van der Waals surface area contributed by atoms with E-state index in [1.54, 1.807) is 13.2 Å². The Labute approximate surface area is 165 Å². The van der Waals surface area contributed by atoms with Crippen LogP contribution in [0.1, 0.15) is 53.9 Å². The molecule has 0 unspecified atom stereocenters. The summed E-state index contributed by atoms with van der Waals surface area (Å²) in [5.74, 6) is 7.08. The first kappa shape index (κ1) is 20.4. The molecule has 0 heterocycles. The van der Waals surface area contributed by atoms with E-state index in [1.807, 2.05) is 24.3 Å². The summed E-state index contributed by atoms with van der Waals surface area (Å²) >= 11 is 0. The minimum atomic E-state index is -2.78. The van der Waals surface area contributed by atoms with E-state index in [1.165, 1.54) is 5.56 Å². The van der Waals surface area contributed by atoms with Crippen molar-refractivity contribution in [3.8, 4) is 17.6 Å². The highest BCUT2D eigenvalue weighted by atomic mass is 19.3. The maximum Gasteiger partial charge on any atom is 0.387 e. The second-order valence-corrected chi connectivity index (χ2v) is 7.12. The Kier molecular flexibility index (Phi) is 7.45. The maximum absolute atomic E-state index is 12.6. The minimum absolute atomic E-state index is 0.326. The Hall–Kier alpha value is -2.38. The molecule has 1 aliphatic rings. The SMILES string of the molecule is COCCCC#Cc1cccc(CCc2ccc(OC(F)F)c(C3CC3)c2)c1. The third-order valence-corrected chi connectivity index (χ3v) is 4.82. The van der Waals surface area contributed by atoms with E-state index in [0.717, 1.165) is 61.8 Å². The van der Waals surface area contributed by atoms with Gasteiger partial charge in [0, 0.05) is 25.7 Å². The van der Waals surface area contributed by atoms with Gasteiger partial charge in [0.15, 0.2) is 0 Å². The molecule has 0 bridgehead atoms. The van der Waals surface area contributed by atoms with Crippen molar-refractivity contribution in [2.45, 2.75) is 51.1 Å². The molecule has 2 aromatic carbocycles. The van der Waals surface area contributed by atoms with Crippen molar-refractivity contribution in [2.24, 2.45) is 0 Å². The number of benzene rings is 2. The fraction of sp³-hybridized carbons (Fsp3) is 0.417. The normalized spacial score (nSPS) is 13.3. The van der Waals surface area contributed by atoms with Gasteiger partial charge in [0.1, 0.15) is 5.75 Å². The fourth-order valence-electron chi connectivity index (χ4n) is 3.23. The van der Waals surface area contributed by atoms with Crippen molar-refractivity contribution in [1.82, 2.24) is 0 Å². The number of unbranched alkanes of at least 4 members (excludes halogenated alkanes) is 1. The highest BCUT2D eigenvalue weighted by Crippen LogP contribution is 2.45. The monoisotopic (exact) mass is 384 g/mol. The summed E-state index contributed by atoms with van der Waals surface area (Å²) < 4.78 is 34.9. The van der Waals surface area contributed by atoms with Crippen LogP contribution in [0.4, 0.5) is 8.78 Å².